The molecule has 0 aliphatic heterocycles. The van der Waals surface area contributed by atoms with E-state index in [0.29, 0.717) is 0 Å². The van der Waals surface area contributed by atoms with Crippen molar-refractivity contribution in [2.75, 3.05) is 6.61 Å². The summed E-state index contributed by atoms with van der Waals surface area (Å²) in [5.41, 5.74) is -0.378. The number of alkyl halides is 10. The zero-order valence-electron chi connectivity index (χ0n) is 13.1. The Morgan fingerprint density at radius 1 is 0.750 bits per heavy atom. The van der Waals surface area contributed by atoms with Gasteiger partial charge in [0.05, 0.1) is 6.61 Å². The third kappa shape index (κ3) is 5.04. The highest BCUT2D eigenvalue weighted by Crippen LogP contribution is 2.38. The van der Waals surface area contributed by atoms with Gasteiger partial charge in [0, 0.05) is 6.42 Å². The number of ether oxygens (including phenoxy) is 2. The van der Waals surface area contributed by atoms with Crippen LogP contribution in [-0.4, -0.2) is 42.7 Å². The summed E-state index contributed by atoms with van der Waals surface area (Å²) in [6.45, 7) is -1.14. The van der Waals surface area contributed by atoms with Crippen LogP contribution in [0.2, 0.25) is 0 Å². The third-order valence-electron chi connectivity index (χ3n) is 3.00. The number of benzene rings is 1. The molecule has 4 nitrogen and oxygen atoms in total. The summed E-state index contributed by atoms with van der Waals surface area (Å²) < 4.78 is 131. The number of esters is 2. The van der Waals surface area contributed by atoms with Gasteiger partial charge in [-0.05, 0) is 11.6 Å². The number of rotatable bonds is 6. The zero-order valence-corrected chi connectivity index (χ0v) is 13.1. The van der Waals surface area contributed by atoms with Gasteiger partial charge in [0.15, 0.2) is 0 Å². The molecule has 0 aliphatic carbocycles. The second-order valence-corrected chi connectivity index (χ2v) is 5.03. The van der Waals surface area contributed by atoms with E-state index in [9.17, 15) is 53.5 Å². The summed E-state index contributed by atoms with van der Waals surface area (Å²) in [6.07, 6.45) is -13.2. The standard InChI is InChI=1S/C14H8F10O4/c15-11(16,13(19,20)21)9(25)27-6-5-7-3-1-2-4-8(7)28-10(26)12(17,18)14(22,23)24/h1-4H,5-6H2. The molecule has 0 aliphatic rings. The minimum Gasteiger partial charge on any atom is -0.461 e. The van der Waals surface area contributed by atoms with E-state index < -0.39 is 54.9 Å². The minimum atomic E-state index is -6.25. The summed E-state index contributed by atoms with van der Waals surface area (Å²) in [5.74, 6) is -18.5. The predicted molar refractivity (Wildman–Crippen MR) is 68.7 cm³/mol. The molecular formula is C14H8F10O4. The fourth-order valence-electron chi connectivity index (χ4n) is 1.55. The molecule has 0 unspecified atom stereocenters. The maximum Gasteiger partial charge on any atom is 0.465 e. The highest BCUT2D eigenvalue weighted by molar-refractivity contribution is 5.81. The molecule has 0 aromatic heterocycles. The number of para-hydroxylation sites is 1. The summed E-state index contributed by atoms with van der Waals surface area (Å²) in [6, 6.07) is 3.91. The largest absolute Gasteiger partial charge is 0.465 e. The number of halogens is 10. The molecule has 0 atom stereocenters. The first-order valence-corrected chi connectivity index (χ1v) is 6.88. The first-order valence-electron chi connectivity index (χ1n) is 6.88. The third-order valence-corrected chi connectivity index (χ3v) is 3.00. The van der Waals surface area contributed by atoms with Crippen molar-refractivity contribution >= 4 is 11.9 Å². The second-order valence-electron chi connectivity index (χ2n) is 5.03. The van der Waals surface area contributed by atoms with Crippen LogP contribution in [0.3, 0.4) is 0 Å². The topological polar surface area (TPSA) is 52.6 Å². The molecular weight excluding hydrogens is 422 g/mol. The van der Waals surface area contributed by atoms with Gasteiger partial charge in [0.1, 0.15) is 5.75 Å². The minimum absolute atomic E-state index is 0.378. The van der Waals surface area contributed by atoms with Crippen LogP contribution in [0.4, 0.5) is 43.9 Å². The number of hydrogen-bond acceptors (Lipinski definition) is 4. The second kappa shape index (κ2) is 7.83. The molecule has 0 radical (unpaired) electrons. The van der Waals surface area contributed by atoms with Crippen LogP contribution >= 0.6 is 0 Å². The maximum atomic E-state index is 12.9. The van der Waals surface area contributed by atoms with E-state index >= 15 is 0 Å². The van der Waals surface area contributed by atoms with Crippen molar-refractivity contribution in [2.24, 2.45) is 0 Å². The van der Waals surface area contributed by atoms with Gasteiger partial charge in [-0.15, -0.1) is 0 Å². The van der Waals surface area contributed by atoms with Gasteiger partial charge in [-0.1, -0.05) is 18.2 Å². The molecule has 0 amide bonds. The van der Waals surface area contributed by atoms with Crippen molar-refractivity contribution in [1.29, 1.82) is 0 Å². The van der Waals surface area contributed by atoms with E-state index in [2.05, 4.69) is 9.47 Å². The van der Waals surface area contributed by atoms with Gasteiger partial charge in [0.2, 0.25) is 0 Å². The lowest BCUT2D eigenvalue weighted by molar-refractivity contribution is -0.280. The van der Waals surface area contributed by atoms with E-state index in [1.165, 1.54) is 0 Å². The molecule has 14 heteroatoms. The summed E-state index contributed by atoms with van der Waals surface area (Å²) in [7, 11) is 0. The molecule has 158 valence electrons. The lowest BCUT2D eigenvalue weighted by atomic mass is 10.1. The van der Waals surface area contributed by atoms with Crippen LogP contribution in [0.1, 0.15) is 5.56 Å². The fourth-order valence-corrected chi connectivity index (χ4v) is 1.55. The molecule has 0 bridgehead atoms. The molecule has 1 rings (SSSR count). The van der Waals surface area contributed by atoms with Crippen molar-refractivity contribution in [3.8, 4) is 5.75 Å². The average molecular weight is 430 g/mol. The summed E-state index contributed by atoms with van der Waals surface area (Å²) in [5, 5.41) is 0. The van der Waals surface area contributed by atoms with Crippen LogP contribution < -0.4 is 4.74 Å². The lowest BCUT2D eigenvalue weighted by Crippen LogP contribution is -2.46. The Morgan fingerprint density at radius 3 is 1.71 bits per heavy atom. The molecule has 1 aromatic carbocycles. The summed E-state index contributed by atoms with van der Waals surface area (Å²) >= 11 is 0. The van der Waals surface area contributed by atoms with Crippen LogP contribution in [0.25, 0.3) is 0 Å². The molecule has 0 saturated carbocycles. The van der Waals surface area contributed by atoms with Crippen molar-refractivity contribution < 1.29 is 63.0 Å². The van der Waals surface area contributed by atoms with E-state index in [4.69, 9.17) is 0 Å². The molecule has 0 N–H and O–H groups in total. The molecule has 0 fully saturated rings. The highest BCUT2D eigenvalue weighted by atomic mass is 19.4. The van der Waals surface area contributed by atoms with E-state index in [-0.39, 0.29) is 5.56 Å². The Hall–Kier alpha value is -2.54. The van der Waals surface area contributed by atoms with Crippen molar-refractivity contribution in [1.82, 2.24) is 0 Å². The first kappa shape index (κ1) is 23.5. The van der Waals surface area contributed by atoms with Gasteiger partial charge >= 0.3 is 36.1 Å². The number of hydrogen-bond donors (Lipinski definition) is 0. The van der Waals surface area contributed by atoms with Gasteiger partial charge in [0.25, 0.3) is 0 Å². The summed E-state index contributed by atoms with van der Waals surface area (Å²) in [4.78, 5) is 21.9. The quantitative estimate of drug-likeness (QED) is 0.388. The van der Waals surface area contributed by atoms with Crippen molar-refractivity contribution in [2.45, 2.75) is 30.6 Å². The average Bonchev–Trinajstić information content (AvgIpc) is 2.53. The van der Waals surface area contributed by atoms with Gasteiger partial charge in [-0.3, -0.25) is 0 Å². The molecule has 1 aromatic rings. The Labute approximate surface area is 149 Å². The Balaban J connectivity index is 2.84. The van der Waals surface area contributed by atoms with Crippen LogP contribution in [0.5, 0.6) is 5.75 Å². The normalized spacial score (nSPS) is 13.2. The lowest BCUT2D eigenvalue weighted by Gasteiger charge is -2.19. The van der Waals surface area contributed by atoms with Crippen LogP contribution in [-0.2, 0) is 20.7 Å². The Morgan fingerprint density at radius 2 is 1.21 bits per heavy atom. The fraction of sp³-hybridized carbons (Fsp3) is 0.429. The SMILES string of the molecule is O=C(OCCc1ccccc1OC(=O)C(F)(F)C(F)(F)F)C(F)(F)C(F)(F)F. The smallest absolute Gasteiger partial charge is 0.461 e. The Bertz CT molecular complexity index is 724. The van der Waals surface area contributed by atoms with Crippen molar-refractivity contribution in [3.63, 3.8) is 0 Å². The monoisotopic (exact) mass is 430 g/mol. The van der Waals surface area contributed by atoms with Gasteiger partial charge in [-0.25, -0.2) is 9.59 Å². The van der Waals surface area contributed by atoms with Crippen LogP contribution in [0.15, 0.2) is 24.3 Å². The first-order chi connectivity index (χ1) is 12.5. The maximum absolute atomic E-state index is 12.9. The zero-order chi connectivity index (χ0) is 22.0. The van der Waals surface area contributed by atoms with E-state index in [1.807, 2.05) is 0 Å². The van der Waals surface area contributed by atoms with Gasteiger partial charge in [-0.2, -0.15) is 43.9 Å². The van der Waals surface area contributed by atoms with E-state index in [0.717, 1.165) is 24.3 Å². The van der Waals surface area contributed by atoms with Gasteiger partial charge < -0.3 is 9.47 Å². The predicted octanol–water partition coefficient (Wildman–Crippen LogP) is 4.07. The molecule has 0 spiro atoms. The number of carbonyl (C=O) groups is 2. The number of carbonyl (C=O) groups excluding carboxylic acids is 2. The highest BCUT2D eigenvalue weighted by Gasteiger charge is 2.65. The Kier molecular flexibility index (Phi) is 6.57. The van der Waals surface area contributed by atoms with E-state index in [1.54, 1.807) is 0 Å². The molecule has 0 saturated heterocycles. The molecule has 0 heterocycles. The van der Waals surface area contributed by atoms with Crippen LogP contribution in [0, 0.1) is 0 Å². The molecule has 28 heavy (non-hydrogen) atoms. The van der Waals surface area contributed by atoms with Crippen molar-refractivity contribution in [3.05, 3.63) is 29.8 Å².